The molecule has 6 heteroatoms. The number of hydrogen-bond donors (Lipinski definition) is 1. The van der Waals surface area contributed by atoms with Gasteiger partial charge in [-0.1, -0.05) is 37.9 Å². The Morgan fingerprint density at radius 1 is 0.962 bits per heavy atom. The molecule has 26 heavy (non-hydrogen) atoms. The van der Waals surface area contributed by atoms with Gasteiger partial charge in [-0.05, 0) is 48.5 Å². The van der Waals surface area contributed by atoms with Crippen LogP contribution < -0.4 is 0 Å². The quantitative estimate of drug-likeness (QED) is 0.348. The highest BCUT2D eigenvalue weighted by atomic mass is 79.9. The Morgan fingerprint density at radius 2 is 1.81 bits per heavy atom. The van der Waals surface area contributed by atoms with Crippen LogP contribution in [0.3, 0.4) is 0 Å². The smallest absolute Gasteiger partial charge is 0.227 e. The molecule has 0 radical (unpaired) electrons. The fourth-order valence-electron chi connectivity index (χ4n) is 2.51. The molecule has 1 N–H and O–H groups in total. The maximum Gasteiger partial charge on any atom is 0.227 e. The molecule has 0 bridgehead atoms. The predicted octanol–water partition coefficient (Wildman–Crippen LogP) is 6.48. The van der Waals surface area contributed by atoms with Crippen molar-refractivity contribution in [2.24, 2.45) is 4.99 Å². The van der Waals surface area contributed by atoms with E-state index in [1.165, 1.54) is 0 Å². The van der Waals surface area contributed by atoms with Gasteiger partial charge in [0.05, 0.1) is 5.69 Å². The van der Waals surface area contributed by atoms with E-state index in [9.17, 15) is 5.11 Å². The van der Waals surface area contributed by atoms with E-state index < -0.39 is 0 Å². The molecule has 0 atom stereocenters. The predicted molar refractivity (Wildman–Crippen MR) is 110 cm³/mol. The summed E-state index contributed by atoms with van der Waals surface area (Å²) in [6, 6.07) is 18.6. The summed E-state index contributed by atoms with van der Waals surface area (Å²) in [4.78, 5) is 8.95. The van der Waals surface area contributed by atoms with E-state index in [1.54, 1.807) is 24.4 Å². The van der Waals surface area contributed by atoms with Crippen molar-refractivity contribution in [3.63, 3.8) is 0 Å². The lowest BCUT2D eigenvalue weighted by molar-refractivity contribution is 0.474. The fraction of sp³-hybridized carbons (Fsp3) is 0. The topological polar surface area (TPSA) is 58.6 Å². The van der Waals surface area contributed by atoms with Gasteiger partial charge in [-0.2, -0.15) is 0 Å². The summed E-state index contributed by atoms with van der Waals surface area (Å²) in [7, 11) is 0. The van der Waals surface area contributed by atoms with E-state index in [0.717, 1.165) is 20.0 Å². The average Bonchev–Trinajstić information content (AvgIpc) is 3.06. The third kappa shape index (κ3) is 3.57. The van der Waals surface area contributed by atoms with Crippen LogP contribution in [0, 0.1) is 0 Å². The molecule has 4 nitrogen and oxygen atoms in total. The SMILES string of the molecule is Oc1ccc(Br)cc1C=Nc1ccc2nc(-c3cccc(Br)c3)oc2c1. The third-order valence-electron chi connectivity index (χ3n) is 3.79. The number of phenolic OH excluding ortho intramolecular Hbond substituents is 1. The molecule has 0 aliphatic rings. The van der Waals surface area contributed by atoms with Gasteiger partial charge in [-0.25, -0.2) is 4.98 Å². The van der Waals surface area contributed by atoms with E-state index in [2.05, 4.69) is 41.8 Å². The van der Waals surface area contributed by atoms with Crippen molar-refractivity contribution in [1.82, 2.24) is 4.98 Å². The second-order valence-electron chi connectivity index (χ2n) is 5.64. The number of aromatic hydroxyl groups is 1. The number of oxazole rings is 1. The lowest BCUT2D eigenvalue weighted by atomic mass is 10.2. The van der Waals surface area contributed by atoms with Crippen molar-refractivity contribution in [3.8, 4) is 17.2 Å². The van der Waals surface area contributed by atoms with E-state index in [0.29, 0.717) is 22.7 Å². The maximum atomic E-state index is 9.89. The summed E-state index contributed by atoms with van der Waals surface area (Å²) >= 11 is 6.84. The van der Waals surface area contributed by atoms with E-state index in [4.69, 9.17) is 4.42 Å². The number of fused-ring (bicyclic) bond motifs is 1. The zero-order valence-electron chi connectivity index (χ0n) is 13.4. The summed E-state index contributed by atoms with van der Waals surface area (Å²) in [6.45, 7) is 0. The second-order valence-corrected chi connectivity index (χ2v) is 7.47. The second kappa shape index (κ2) is 7.05. The summed E-state index contributed by atoms with van der Waals surface area (Å²) in [5.41, 5.74) is 3.68. The van der Waals surface area contributed by atoms with Crippen molar-refractivity contribution in [2.75, 3.05) is 0 Å². The summed E-state index contributed by atoms with van der Waals surface area (Å²) in [5, 5.41) is 9.89. The van der Waals surface area contributed by atoms with E-state index in [1.807, 2.05) is 42.5 Å². The first-order chi connectivity index (χ1) is 12.6. The monoisotopic (exact) mass is 470 g/mol. The van der Waals surface area contributed by atoms with Gasteiger partial charge < -0.3 is 9.52 Å². The molecule has 3 aromatic carbocycles. The van der Waals surface area contributed by atoms with Crippen LogP contribution in [0.4, 0.5) is 5.69 Å². The molecule has 0 aliphatic heterocycles. The van der Waals surface area contributed by atoms with Crippen LogP contribution in [0.15, 0.2) is 79.0 Å². The summed E-state index contributed by atoms with van der Waals surface area (Å²) in [5.74, 6) is 0.738. The fourth-order valence-corrected chi connectivity index (χ4v) is 3.29. The van der Waals surface area contributed by atoms with Gasteiger partial charge in [-0.3, -0.25) is 4.99 Å². The molecule has 0 aliphatic carbocycles. The first-order valence-electron chi connectivity index (χ1n) is 7.77. The number of rotatable bonds is 3. The minimum atomic E-state index is 0.176. The van der Waals surface area contributed by atoms with Crippen molar-refractivity contribution >= 4 is 54.9 Å². The lowest BCUT2D eigenvalue weighted by Crippen LogP contribution is -1.82. The van der Waals surface area contributed by atoms with Gasteiger partial charge in [0.15, 0.2) is 5.58 Å². The summed E-state index contributed by atoms with van der Waals surface area (Å²) in [6.07, 6.45) is 1.62. The molecule has 1 aromatic heterocycles. The van der Waals surface area contributed by atoms with Crippen LogP contribution in [0.25, 0.3) is 22.6 Å². The Kier molecular flexibility index (Phi) is 4.61. The molecule has 0 saturated heterocycles. The van der Waals surface area contributed by atoms with Crippen LogP contribution in [0.1, 0.15) is 5.56 Å². The number of aromatic nitrogens is 1. The highest BCUT2D eigenvalue weighted by Gasteiger charge is 2.09. The molecule has 0 spiro atoms. The van der Waals surface area contributed by atoms with Crippen LogP contribution in [0.2, 0.25) is 0 Å². The molecule has 0 unspecified atom stereocenters. The van der Waals surface area contributed by atoms with Crippen molar-refractivity contribution in [1.29, 1.82) is 0 Å². The number of phenols is 1. The molecule has 1 heterocycles. The van der Waals surface area contributed by atoms with Gasteiger partial charge in [0.25, 0.3) is 0 Å². The number of nitrogens with zero attached hydrogens (tertiary/aromatic N) is 2. The van der Waals surface area contributed by atoms with Gasteiger partial charge in [0.2, 0.25) is 5.89 Å². The zero-order chi connectivity index (χ0) is 18.1. The Labute approximate surface area is 166 Å². The zero-order valence-corrected chi connectivity index (χ0v) is 16.5. The first-order valence-corrected chi connectivity index (χ1v) is 9.36. The molecule has 4 rings (SSSR count). The molecular formula is C20H12Br2N2O2. The molecule has 128 valence electrons. The van der Waals surface area contributed by atoms with Crippen LogP contribution in [0.5, 0.6) is 5.75 Å². The maximum absolute atomic E-state index is 9.89. The Balaban J connectivity index is 1.67. The van der Waals surface area contributed by atoms with Crippen molar-refractivity contribution in [2.45, 2.75) is 0 Å². The largest absolute Gasteiger partial charge is 0.507 e. The minimum Gasteiger partial charge on any atom is -0.507 e. The molecule has 4 aromatic rings. The van der Waals surface area contributed by atoms with Crippen LogP contribution in [-0.2, 0) is 0 Å². The number of aliphatic imine (C=N–C) groups is 1. The number of hydrogen-bond acceptors (Lipinski definition) is 4. The Bertz CT molecular complexity index is 1140. The third-order valence-corrected chi connectivity index (χ3v) is 4.77. The molecule has 0 saturated carbocycles. The minimum absolute atomic E-state index is 0.176. The molecule has 0 fully saturated rings. The first kappa shape index (κ1) is 17.0. The van der Waals surface area contributed by atoms with Crippen LogP contribution in [-0.4, -0.2) is 16.3 Å². The highest BCUT2D eigenvalue weighted by Crippen LogP contribution is 2.29. The summed E-state index contributed by atoms with van der Waals surface area (Å²) < 4.78 is 7.73. The van der Waals surface area contributed by atoms with E-state index in [-0.39, 0.29) is 5.75 Å². The van der Waals surface area contributed by atoms with Crippen molar-refractivity contribution < 1.29 is 9.52 Å². The average molecular weight is 472 g/mol. The standard InChI is InChI=1S/C20H12Br2N2O2/c21-14-3-1-2-12(8-14)20-24-17-6-5-16(10-19(17)26-20)23-11-13-9-15(22)4-7-18(13)25/h1-11,25H. The van der Waals surface area contributed by atoms with E-state index >= 15 is 0 Å². The van der Waals surface area contributed by atoms with Gasteiger partial charge in [-0.15, -0.1) is 0 Å². The Hall–Kier alpha value is -2.44. The molecule has 0 amide bonds. The highest BCUT2D eigenvalue weighted by molar-refractivity contribution is 9.10. The normalized spacial score (nSPS) is 11.5. The lowest BCUT2D eigenvalue weighted by Gasteiger charge is -1.99. The number of benzene rings is 3. The van der Waals surface area contributed by atoms with Crippen LogP contribution >= 0.6 is 31.9 Å². The van der Waals surface area contributed by atoms with Gasteiger partial charge >= 0.3 is 0 Å². The van der Waals surface area contributed by atoms with Gasteiger partial charge in [0, 0.05) is 32.4 Å². The number of halogens is 2. The Morgan fingerprint density at radius 3 is 2.65 bits per heavy atom. The van der Waals surface area contributed by atoms with Crippen molar-refractivity contribution in [3.05, 3.63) is 75.2 Å². The molecular weight excluding hydrogens is 460 g/mol. The van der Waals surface area contributed by atoms with Gasteiger partial charge in [0.1, 0.15) is 11.3 Å².